The van der Waals surface area contributed by atoms with Crippen LogP contribution in [0.4, 0.5) is 14.6 Å². The second kappa shape index (κ2) is 16.4. The number of hydrogen-bond acceptors (Lipinski definition) is 7. The number of nitrogens with zero attached hydrogens (tertiary/aromatic N) is 6. The van der Waals surface area contributed by atoms with Crippen molar-refractivity contribution in [1.82, 2.24) is 29.8 Å². The van der Waals surface area contributed by atoms with Crippen LogP contribution in [-0.4, -0.2) is 87.3 Å². The topological polar surface area (TPSA) is 95.7 Å². The van der Waals surface area contributed by atoms with Crippen LogP contribution in [0.25, 0.3) is 5.78 Å². The third-order valence-electron chi connectivity index (χ3n) is 10.9. The number of carbonyl (C=O) groups is 2. The van der Waals surface area contributed by atoms with Crippen molar-refractivity contribution in [3.8, 4) is 0 Å². The number of nitrogens with one attached hydrogen (secondary N) is 1. The summed E-state index contributed by atoms with van der Waals surface area (Å²) < 4.78 is 29.8. The van der Waals surface area contributed by atoms with Gasteiger partial charge in [-0.15, -0.1) is 0 Å². The Kier molecular flexibility index (Phi) is 13.5. The lowest BCUT2D eigenvalue weighted by atomic mass is 9.73. The van der Waals surface area contributed by atoms with E-state index in [0.29, 0.717) is 36.5 Å². The molecule has 9 nitrogen and oxygen atoms in total. The molecule has 3 aliphatic rings. The normalized spacial score (nSPS) is 22.4. The molecule has 1 amide bonds. The smallest absolute Gasteiger partial charge is 0.252 e. The molecule has 3 fully saturated rings. The number of fused-ring (bicyclic) bond motifs is 1. The summed E-state index contributed by atoms with van der Waals surface area (Å²) in [4.78, 5) is 38.2. The number of hydrogen-bond donors (Lipinski definition) is 1. The number of likely N-dealkylation sites (N-methyl/N-ethyl adjacent to an activating group) is 1. The van der Waals surface area contributed by atoms with E-state index in [4.69, 9.17) is 15.1 Å². The predicted octanol–water partition coefficient (Wildman–Crippen LogP) is 7.14. The molecule has 1 saturated carbocycles. The Morgan fingerprint density at radius 2 is 1.82 bits per heavy atom. The molecule has 4 atom stereocenters. The maximum atomic E-state index is 14.8. The van der Waals surface area contributed by atoms with Crippen LogP contribution < -0.4 is 10.2 Å². The Morgan fingerprint density at radius 3 is 2.37 bits per heavy atom. The molecule has 3 unspecified atom stereocenters. The summed E-state index contributed by atoms with van der Waals surface area (Å²) in [5.74, 6) is 2.08. The number of Topliss-reactive ketones (excluding diaryl/α,β-unsaturated/α-hetero) is 1. The summed E-state index contributed by atoms with van der Waals surface area (Å²) in [5.41, 5.74) is -0.110. The number of rotatable bonds is 11. The van der Waals surface area contributed by atoms with E-state index in [9.17, 15) is 18.4 Å². The molecule has 1 spiro atoms. The number of piperidine rings is 1. The molecule has 0 bridgehead atoms. The van der Waals surface area contributed by atoms with Gasteiger partial charge in [0.25, 0.3) is 5.78 Å². The summed E-state index contributed by atoms with van der Waals surface area (Å²) in [7, 11) is 2.20. The number of anilines is 1. The Labute approximate surface area is 293 Å². The van der Waals surface area contributed by atoms with Crippen molar-refractivity contribution in [1.29, 1.82) is 0 Å². The number of alkyl halides is 2. The Balaban J connectivity index is 0.000000573. The average Bonchev–Trinajstić information content (AvgIpc) is 3.71. The molecule has 11 heteroatoms. The highest BCUT2D eigenvalue weighted by Gasteiger charge is 2.50. The third-order valence-corrected chi connectivity index (χ3v) is 10.9. The van der Waals surface area contributed by atoms with E-state index in [0.717, 1.165) is 49.8 Å². The third kappa shape index (κ3) is 9.64. The predicted molar refractivity (Wildman–Crippen MR) is 194 cm³/mol. The van der Waals surface area contributed by atoms with Crippen LogP contribution >= 0.6 is 0 Å². The number of aromatic nitrogens is 4. The SMILES string of the molecule is C=C(C)C(=O)C(C)C.CC.CC1CNC(=O)[C@@H](Cc2nn3cc(C(C)CCC(C)(C)C(C)(F)CF)nc3nc2N2CCN(C)C3(CC3)C2)C1. The highest BCUT2D eigenvalue weighted by molar-refractivity contribution is 5.95. The monoisotopic (exact) mass is 688 g/mol. The van der Waals surface area contributed by atoms with Gasteiger partial charge in [-0.3, -0.25) is 14.5 Å². The number of carbonyl (C=O) groups excluding carboxylic acids is 2. The van der Waals surface area contributed by atoms with E-state index in [-0.39, 0.29) is 35.0 Å². The molecule has 276 valence electrons. The molecular weight excluding hydrogens is 624 g/mol. The van der Waals surface area contributed by atoms with Gasteiger partial charge in [-0.05, 0) is 64.5 Å². The lowest BCUT2D eigenvalue weighted by molar-refractivity contribution is -0.127. The van der Waals surface area contributed by atoms with Crippen molar-refractivity contribution in [2.45, 2.75) is 125 Å². The number of imidazole rings is 1. The number of ketones is 1. The molecule has 2 aromatic rings. The lowest BCUT2D eigenvalue weighted by Crippen LogP contribution is -2.54. The first kappa shape index (κ1) is 40.5. The second-order valence-electron chi connectivity index (χ2n) is 15.8. The quantitative estimate of drug-likeness (QED) is 0.251. The fourth-order valence-corrected chi connectivity index (χ4v) is 6.58. The molecule has 0 radical (unpaired) electrons. The molecule has 1 N–H and O–H groups in total. The minimum absolute atomic E-state index is 0.0402. The van der Waals surface area contributed by atoms with Gasteiger partial charge in [-0.1, -0.05) is 62.0 Å². The number of halogens is 2. The van der Waals surface area contributed by atoms with E-state index in [1.54, 1.807) is 25.3 Å². The van der Waals surface area contributed by atoms with E-state index in [2.05, 4.69) is 42.6 Å². The van der Waals surface area contributed by atoms with Crippen LogP contribution in [0.3, 0.4) is 0 Å². The first-order valence-corrected chi connectivity index (χ1v) is 18.3. The van der Waals surface area contributed by atoms with Crippen LogP contribution in [0.5, 0.6) is 0 Å². The minimum atomic E-state index is -1.87. The zero-order valence-electron chi connectivity index (χ0n) is 32.1. The fraction of sp³-hybridized carbons (Fsp3) is 0.763. The van der Waals surface area contributed by atoms with Crippen LogP contribution in [0.15, 0.2) is 18.3 Å². The van der Waals surface area contributed by atoms with Gasteiger partial charge in [-0.25, -0.2) is 18.3 Å². The molecule has 2 aromatic heterocycles. The van der Waals surface area contributed by atoms with Gasteiger partial charge < -0.3 is 10.2 Å². The summed E-state index contributed by atoms with van der Waals surface area (Å²) in [6.07, 6.45) is 6.89. The van der Waals surface area contributed by atoms with Crippen molar-refractivity contribution in [3.05, 3.63) is 29.7 Å². The van der Waals surface area contributed by atoms with Crippen molar-refractivity contribution in [2.75, 3.05) is 44.8 Å². The maximum absolute atomic E-state index is 14.8. The van der Waals surface area contributed by atoms with Crippen molar-refractivity contribution >= 4 is 23.3 Å². The number of allylic oxidation sites excluding steroid dienone is 1. The van der Waals surface area contributed by atoms with E-state index in [1.165, 1.54) is 19.8 Å². The van der Waals surface area contributed by atoms with Gasteiger partial charge in [0.15, 0.2) is 11.6 Å². The van der Waals surface area contributed by atoms with E-state index in [1.807, 2.05) is 33.9 Å². The minimum Gasteiger partial charge on any atom is -0.356 e. The summed E-state index contributed by atoms with van der Waals surface area (Å²) in [6, 6.07) is 0. The molecule has 2 aliphatic heterocycles. The summed E-state index contributed by atoms with van der Waals surface area (Å²) >= 11 is 0. The van der Waals surface area contributed by atoms with Crippen molar-refractivity contribution in [3.63, 3.8) is 0 Å². The summed E-state index contributed by atoms with van der Waals surface area (Å²) in [6.45, 7) is 24.6. The fourth-order valence-electron chi connectivity index (χ4n) is 6.58. The molecule has 49 heavy (non-hydrogen) atoms. The van der Waals surface area contributed by atoms with Crippen LogP contribution in [0.1, 0.15) is 119 Å². The Bertz CT molecular complexity index is 1450. The zero-order valence-corrected chi connectivity index (χ0v) is 32.1. The van der Waals surface area contributed by atoms with Crippen LogP contribution in [0.2, 0.25) is 0 Å². The van der Waals surface area contributed by atoms with Gasteiger partial charge >= 0.3 is 0 Å². The number of piperazine rings is 1. The van der Waals surface area contributed by atoms with Gasteiger partial charge in [-0.2, -0.15) is 10.1 Å². The van der Waals surface area contributed by atoms with Crippen molar-refractivity contribution < 1.29 is 18.4 Å². The van der Waals surface area contributed by atoms with Crippen molar-refractivity contribution in [2.24, 2.45) is 23.2 Å². The average molecular weight is 688 g/mol. The Hall–Kier alpha value is -2.95. The van der Waals surface area contributed by atoms with Gasteiger partial charge in [0, 0.05) is 61.3 Å². The van der Waals surface area contributed by atoms with Crippen LogP contribution in [0, 0.1) is 23.2 Å². The highest BCUT2D eigenvalue weighted by atomic mass is 19.2. The molecular formula is C38H63F2N7O2. The van der Waals surface area contributed by atoms with E-state index < -0.39 is 17.8 Å². The largest absolute Gasteiger partial charge is 0.356 e. The maximum Gasteiger partial charge on any atom is 0.252 e. The van der Waals surface area contributed by atoms with E-state index >= 15 is 0 Å². The van der Waals surface area contributed by atoms with Gasteiger partial charge in [0.1, 0.15) is 18.0 Å². The van der Waals surface area contributed by atoms with Gasteiger partial charge in [0.2, 0.25) is 5.91 Å². The molecule has 5 rings (SSSR count). The molecule has 2 saturated heterocycles. The van der Waals surface area contributed by atoms with Crippen LogP contribution in [-0.2, 0) is 16.0 Å². The lowest BCUT2D eigenvalue weighted by Gasteiger charge is -2.41. The molecule has 1 aliphatic carbocycles. The zero-order chi connectivity index (χ0) is 36.9. The molecule has 4 heterocycles. The first-order valence-electron chi connectivity index (χ1n) is 18.3. The Morgan fingerprint density at radius 1 is 1.16 bits per heavy atom. The highest BCUT2D eigenvalue weighted by Crippen LogP contribution is 2.44. The first-order chi connectivity index (χ1) is 22.9. The second-order valence-corrected chi connectivity index (χ2v) is 15.8. The van der Waals surface area contributed by atoms with Gasteiger partial charge in [0.05, 0.1) is 11.9 Å². The number of amides is 1. The summed E-state index contributed by atoms with van der Waals surface area (Å²) in [5, 5.41) is 8.05. The molecule has 0 aromatic carbocycles. The standard InChI is InChI=1S/C29H45F2N7O.C7H12O.C2H6/c1-19-13-21(25(39)32-15-19)14-22-24(37-12-11-36(6)29(18-37)9-10-29)34-26-33-23(16-38(26)35-22)20(2)7-8-27(3,4)28(5,31)17-30;1-5(2)7(8)6(3)4;1-2/h16,19-21H,7-15,17-18H2,1-6H3,(H,32,39);6H,1H2,2-4H3;1-2H3/t19?,20?,21-,28?;;/m1../s1.